The molecule has 0 amide bonds. The number of rotatable bonds is 6. The molecule has 1 aliphatic heterocycles. The third-order valence-electron chi connectivity index (χ3n) is 5.06. The second-order valence-electron chi connectivity index (χ2n) is 7.48. The number of carboxylic acids is 2. The predicted molar refractivity (Wildman–Crippen MR) is 106 cm³/mol. The van der Waals surface area contributed by atoms with Gasteiger partial charge in [-0.3, -0.25) is 14.6 Å². The molecule has 1 aromatic carbocycles. The average Bonchev–Trinajstić information content (AvgIpc) is 3.15. The van der Waals surface area contributed by atoms with E-state index < -0.39 is 29.7 Å². The van der Waals surface area contributed by atoms with Crippen molar-refractivity contribution in [1.82, 2.24) is 9.80 Å². The molecule has 0 unspecified atom stereocenters. The zero-order valence-electron chi connectivity index (χ0n) is 17.6. The van der Waals surface area contributed by atoms with E-state index in [2.05, 4.69) is 4.90 Å². The van der Waals surface area contributed by atoms with Gasteiger partial charge in [-0.1, -0.05) is 6.07 Å². The molecular weight excluding hydrogens is 455 g/mol. The maximum atomic E-state index is 13.9. The lowest BCUT2D eigenvalue weighted by molar-refractivity contribution is -0.192. The third-order valence-corrected chi connectivity index (χ3v) is 5.06. The van der Waals surface area contributed by atoms with E-state index in [1.807, 2.05) is 11.9 Å². The fourth-order valence-corrected chi connectivity index (χ4v) is 3.41. The average molecular weight is 478 g/mol. The SMILES string of the molecule is CN(CC(=O)O)C1CCN(Cc2ccc(-c3c(F)cccc3F)o2)CC1.O=C(O)C(F)(F)F. The number of piperidine rings is 1. The van der Waals surface area contributed by atoms with Gasteiger partial charge in [0.25, 0.3) is 0 Å². The molecule has 1 saturated heterocycles. The molecule has 2 aromatic rings. The van der Waals surface area contributed by atoms with E-state index >= 15 is 0 Å². The molecule has 7 nitrogen and oxygen atoms in total. The summed E-state index contributed by atoms with van der Waals surface area (Å²) in [5.74, 6) is -4.03. The van der Waals surface area contributed by atoms with Gasteiger partial charge in [0.15, 0.2) is 0 Å². The third kappa shape index (κ3) is 7.82. The number of likely N-dealkylation sites (tertiary alicyclic amines) is 1. The zero-order chi connectivity index (χ0) is 24.8. The number of carbonyl (C=O) groups is 2. The highest BCUT2D eigenvalue weighted by Gasteiger charge is 2.38. The van der Waals surface area contributed by atoms with Gasteiger partial charge in [-0.2, -0.15) is 13.2 Å². The standard InChI is InChI=1S/C19H22F2N2O3.C2HF3O2/c1-22(12-18(24)25)13-7-9-23(10-8-13)11-14-5-6-17(26-14)19-15(20)3-2-4-16(19)21;3-2(4,5)1(6)7/h2-6,13H,7-12H2,1H3,(H,24,25);(H,6,7). The van der Waals surface area contributed by atoms with Crippen LogP contribution >= 0.6 is 0 Å². The predicted octanol–water partition coefficient (Wildman–Crippen LogP) is 3.84. The number of aliphatic carboxylic acids is 2. The van der Waals surface area contributed by atoms with Crippen molar-refractivity contribution in [3.63, 3.8) is 0 Å². The molecule has 182 valence electrons. The Morgan fingerprint density at radius 1 is 1.09 bits per heavy atom. The first kappa shape index (κ1) is 26.3. The number of hydrogen-bond donors (Lipinski definition) is 2. The van der Waals surface area contributed by atoms with E-state index in [1.165, 1.54) is 18.2 Å². The lowest BCUT2D eigenvalue weighted by Crippen LogP contribution is -2.44. The number of furan rings is 1. The van der Waals surface area contributed by atoms with E-state index in [0.717, 1.165) is 25.9 Å². The molecule has 1 aromatic heterocycles. The second-order valence-corrected chi connectivity index (χ2v) is 7.48. The number of likely N-dealkylation sites (N-methyl/N-ethyl adjacent to an activating group) is 1. The lowest BCUT2D eigenvalue weighted by Gasteiger charge is -2.35. The second kappa shape index (κ2) is 11.2. The van der Waals surface area contributed by atoms with E-state index in [9.17, 15) is 26.7 Å². The summed E-state index contributed by atoms with van der Waals surface area (Å²) in [6, 6.07) is 7.32. The first-order chi connectivity index (χ1) is 15.4. The van der Waals surface area contributed by atoms with Gasteiger partial charge in [0.1, 0.15) is 23.2 Å². The van der Waals surface area contributed by atoms with Crippen LogP contribution in [0.3, 0.4) is 0 Å². The van der Waals surface area contributed by atoms with Crippen LogP contribution in [0.5, 0.6) is 0 Å². The molecule has 3 rings (SSSR count). The number of hydrogen-bond acceptors (Lipinski definition) is 5. The molecule has 0 atom stereocenters. The highest BCUT2D eigenvalue weighted by Crippen LogP contribution is 2.28. The summed E-state index contributed by atoms with van der Waals surface area (Å²) < 4.78 is 65.1. The minimum Gasteiger partial charge on any atom is -0.480 e. The Morgan fingerprint density at radius 3 is 2.12 bits per heavy atom. The van der Waals surface area contributed by atoms with Crippen LogP contribution < -0.4 is 0 Å². The van der Waals surface area contributed by atoms with Crippen LogP contribution in [-0.4, -0.2) is 70.9 Å². The van der Waals surface area contributed by atoms with Crippen molar-refractivity contribution in [3.05, 3.63) is 47.7 Å². The summed E-state index contributed by atoms with van der Waals surface area (Å²) in [6.07, 6.45) is -3.33. The number of carboxylic acid groups (broad SMARTS) is 2. The van der Waals surface area contributed by atoms with Gasteiger partial charge < -0.3 is 14.6 Å². The Labute approximate surface area is 186 Å². The largest absolute Gasteiger partial charge is 0.490 e. The molecule has 0 aliphatic carbocycles. The van der Waals surface area contributed by atoms with Crippen molar-refractivity contribution in [2.24, 2.45) is 0 Å². The van der Waals surface area contributed by atoms with Crippen LogP contribution in [-0.2, 0) is 16.1 Å². The van der Waals surface area contributed by atoms with Crippen LogP contribution in [0, 0.1) is 11.6 Å². The Bertz CT molecular complexity index is 935. The maximum Gasteiger partial charge on any atom is 0.490 e. The van der Waals surface area contributed by atoms with Gasteiger partial charge in [-0.15, -0.1) is 0 Å². The molecule has 1 fully saturated rings. The van der Waals surface area contributed by atoms with Crippen molar-refractivity contribution < 1.29 is 46.2 Å². The Kier molecular flexibility index (Phi) is 8.94. The maximum absolute atomic E-state index is 13.9. The fraction of sp³-hybridized carbons (Fsp3) is 0.429. The van der Waals surface area contributed by atoms with Crippen LogP contribution in [0.2, 0.25) is 0 Å². The fourth-order valence-electron chi connectivity index (χ4n) is 3.41. The van der Waals surface area contributed by atoms with Gasteiger partial charge in [-0.05, 0) is 44.2 Å². The summed E-state index contributed by atoms with van der Waals surface area (Å²) in [5, 5.41) is 16.0. The summed E-state index contributed by atoms with van der Waals surface area (Å²) in [5.41, 5.74) is -0.146. The first-order valence-corrected chi connectivity index (χ1v) is 9.86. The van der Waals surface area contributed by atoms with Crippen LogP contribution in [0.15, 0.2) is 34.7 Å². The van der Waals surface area contributed by atoms with Crippen LogP contribution in [0.1, 0.15) is 18.6 Å². The Hall–Kier alpha value is -2.99. The Morgan fingerprint density at radius 2 is 1.64 bits per heavy atom. The monoisotopic (exact) mass is 478 g/mol. The summed E-state index contributed by atoms with van der Waals surface area (Å²) in [4.78, 5) is 23.8. The molecular formula is C21H23F5N2O5. The van der Waals surface area contributed by atoms with Gasteiger partial charge >= 0.3 is 18.1 Å². The minimum atomic E-state index is -5.08. The summed E-state index contributed by atoms with van der Waals surface area (Å²) >= 11 is 0. The molecule has 33 heavy (non-hydrogen) atoms. The van der Waals surface area contributed by atoms with Crippen LogP contribution in [0.25, 0.3) is 11.3 Å². The molecule has 2 N–H and O–H groups in total. The van der Waals surface area contributed by atoms with Crippen molar-refractivity contribution >= 4 is 11.9 Å². The molecule has 1 aliphatic rings. The number of nitrogens with zero attached hydrogens (tertiary/aromatic N) is 2. The van der Waals surface area contributed by atoms with E-state index in [4.69, 9.17) is 19.4 Å². The van der Waals surface area contributed by atoms with E-state index in [0.29, 0.717) is 12.3 Å². The molecule has 0 bridgehead atoms. The number of benzene rings is 1. The molecule has 0 spiro atoms. The molecule has 12 heteroatoms. The van der Waals surface area contributed by atoms with Crippen LogP contribution in [0.4, 0.5) is 22.0 Å². The van der Waals surface area contributed by atoms with Gasteiger partial charge in [0.2, 0.25) is 0 Å². The number of halogens is 5. The summed E-state index contributed by atoms with van der Waals surface area (Å²) in [7, 11) is 1.83. The lowest BCUT2D eigenvalue weighted by atomic mass is 10.0. The van der Waals surface area contributed by atoms with Gasteiger partial charge in [0.05, 0.1) is 18.7 Å². The highest BCUT2D eigenvalue weighted by molar-refractivity contribution is 5.73. The first-order valence-electron chi connectivity index (χ1n) is 9.86. The normalized spacial score (nSPS) is 15.2. The van der Waals surface area contributed by atoms with E-state index in [1.54, 1.807) is 12.1 Å². The van der Waals surface area contributed by atoms with Crippen molar-refractivity contribution in [2.75, 3.05) is 26.7 Å². The minimum absolute atomic E-state index is 0.0421. The highest BCUT2D eigenvalue weighted by atomic mass is 19.4. The van der Waals surface area contributed by atoms with Gasteiger partial charge in [0, 0.05) is 19.1 Å². The van der Waals surface area contributed by atoms with Crippen molar-refractivity contribution in [2.45, 2.75) is 31.6 Å². The molecule has 0 saturated carbocycles. The van der Waals surface area contributed by atoms with E-state index in [-0.39, 0.29) is 23.9 Å². The molecule has 0 radical (unpaired) electrons. The van der Waals surface area contributed by atoms with Crippen molar-refractivity contribution in [3.8, 4) is 11.3 Å². The summed E-state index contributed by atoms with van der Waals surface area (Å²) in [6.45, 7) is 2.24. The topological polar surface area (TPSA) is 94.2 Å². The van der Waals surface area contributed by atoms with Crippen molar-refractivity contribution in [1.29, 1.82) is 0 Å². The van der Waals surface area contributed by atoms with Gasteiger partial charge in [-0.25, -0.2) is 13.6 Å². The zero-order valence-corrected chi connectivity index (χ0v) is 17.6. The number of alkyl halides is 3. The molecule has 2 heterocycles. The smallest absolute Gasteiger partial charge is 0.480 e. The quantitative estimate of drug-likeness (QED) is 0.610. The Balaban J connectivity index is 0.000000479.